The van der Waals surface area contributed by atoms with Crippen molar-refractivity contribution < 1.29 is 38.3 Å². The van der Waals surface area contributed by atoms with Gasteiger partial charge in [-0.15, -0.1) is 0 Å². The minimum absolute atomic E-state index is 0.00505. The maximum absolute atomic E-state index is 11.7. The molecule has 606 valence electrons. The van der Waals surface area contributed by atoms with Gasteiger partial charge in [-0.1, -0.05) is 154 Å². The van der Waals surface area contributed by atoms with E-state index in [0.717, 1.165) is 166 Å². The molecule has 21 nitrogen and oxygen atoms in total. The molecule has 104 heavy (non-hydrogen) atoms. The van der Waals surface area contributed by atoms with Crippen LogP contribution < -0.4 is 47.9 Å². The van der Waals surface area contributed by atoms with Gasteiger partial charge in [0.25, 0.3) is 0 Å². The highest BCUT2D eigenvalue weighted by molar-refractivity contribution is 5.80. The Labute approximate surface area is 635 Å². The summed E-state index contributed by atoms with van der Waals surface area (Å²) in [4.78, 5) is 89.2. The molecular formula is C83H161N13O8. The maximum atomic E-state index is 11.7. The molecule has 3 unspecified atom stereocenters. The second-order valence-corrected chi connectivity index (χ2v) is 33.7. The van der Waals surface area contributed by atoms with Gasteiger partial charge < -0.3 is 72.2 Å². The van der Waals surface area contributed by atoms with Gasteiger partial charge in [-0.3, -0.25) is 33.6 Å². The summed E-state index contributed by atoms with van der Waals surface area (Å²) in [6, 6.07) is 3.21. The highest BCUT2D eigenvalue weighted by Crippen LogP contribution is 2.41. The molecule has 9 fully saturated rings. The fourth-order valence-corrected chi connectivity index (χ4v) is 15.5. The quantitative estimate of drug-likeness (QED) is 0.0277. The fraction of sp³-hybridized carbons (Fsp3) is 0.916. The Kier molecular flexibility index (Phi) is 51.0. The van der Waals surface area contributed by atoms with E-state index in [4.69, 9.17) is 4.74 Å². The van der Waals surface area contributed by atoms with Crippen LogP contribution in [0.2, 0.25) is 0 Å². The molecule has 3 atom stereocenters. The van der Waals surface area contributed by atoms with Crippen LogP contribution in [0.5, 0.6) is 0 Å². The predicted molar refractivity (Wildman–Crippen MR) is 428 cm³/mol. The lowest BCUT2D eigenvalue weighted by molar-refractivity contribution is -0.132. The Hall–Kier alpha value is -3.99. The monoisotopic (exact) mass is 1470 g/mol. The Morgan fingerprint density at radius 3 is 1.26 bits per heavy atom. The van der Waals surface area contributed by atoms with Crippen LogP contribution in [0, 0.1) is 59.2 Å². The number of carbonyl (C=O) groups is 7. The van der Waals surface area contributed by atoms with Crippen LogP contribution in [-0.2, 0) is 38.3 Å². The van der Waals surface area contributed by atoms with Gasteiger partial charge in [0.1, 0.15) is 0 Å². The van der Waals surface area contributed by atoms with Crippen LogP contribution in [0.25, 0.3) is 0 Å². The van der Waals surface area contributed by atoms with Crippen molar-refractivity contribution in [3.8, 4) is 0 Å². The third-order valence-electron chi connectivity index (χ3n) is 22.7. The van der Waals surface area contributed by atoms with Crippen molar-refractivity contribution >= 4 is 41.4 Å². The smallest absolute Gasteiger partial charge is 0.222 e. The van der Waals surface area contributed by atoms with E-state index in [1.165, 1.54) is 155 Å². The van der Waals surface area contributed by atoms with E-state index in [-0.39, 0.29) is 76.9 Å². The lowest BCUT2D eigenvalue weighted by atomic mass is 9.68. The fourth-order valence-electron chi connectivity index (χ4n) is 15.5. The van der Waals surface area contributed by atoms with Gasteiger partial charge in [0.05, 0.1) is 0 Å². The number of rotatable bonds is 33. The summed E-state index contributed by atoms with van der Waals surface area (Å²) in [6.07, 6.45) is 36.0. The number of nitrogens with zero attached hydrogens (tertiary/aromatic N) is 4. The Balaban J connectivity index is 0.000000324. The van der Waals surface area contributed by atoms with E-state index in [0.29, 0.717) is 31.2 Å². The number of ether oxygens (including phenoxy) is 1. The minimum Gasteiger partial charge on any atom is -0.381 e. The summed E-state index contributed by atoms with van der Waals surface area (Å²) in [6.45, 7) is 41.7. The van der Waals surface area contributed by atoms with Gasteiger partial charge in [0.2, 0.25) is 41.4 Å². The first-order chi connectivity index (χ1) is 49.7. The molecule has 21 heteroatoms. The first-order valence-corrected chi connectivity index (χ1v) is 42.6. The molecule has 9 aliphatic rings. The Bertz CT molecular complexity index is 2270. The molecule has 6 saturated carbocycles. The second kappa shape index (κ2) is 56.3. The number of fused-ring (bicyclic) bond motifs is 4. The summed E-state index contributed by atoms with van der Waals surface area (Å²) in [5.74, 6) is 5.37. The first kappa shape index (κ1) is 94.2. The molecule has 0 spiro atoms. The minimum atomic E-state index is 0.00505. The van der Waals surface area contributed by atoms with Gasteiger partial charge in [0.15, 0.2) is 0 Å². The normalized spacial score (nSPS) is 21.9. The molecule has 0 aromatic rings. The van der Waals surface area contributed by atoms with Crippen LogP contribution >= 0.6 is 0 Å². The van der Waals surface area contributed by atoms with Crippen molar-refractivity contribution in [3.63, 3.8) is 0 Å². The summed E-state index contributed by atoms with van der Waals surface area (Å²) in [5, 5.41) is 28.5. The van der Waals surface area contributed by atoms with Gasteiger partial charge in [-0.25, -0.2) is 0 Å². The van der Waals surface area contributed by atoms with Crippen molar-refractivity contribution in [2.45, 2.75) is 300 Å². The summed E-state index contributed by atoms with van der Waals surface area (Å²) < 4.78 is 5.35. The molecule has 6 aliphatic carbocycles. The van der Waals surface area contributed by atoms with Crippen LogP contribution in [-0.4, -0.2) is 223 Å². The topological polar surface area (TPSA) is 250 Å². The maximum Gasteiger partial charge on any atom is 0.222 e. The van der Waals surface area contributed by atoms with Gasteiger partial charge >= 0.3 is 0 Å². The van der Waals surface area contributed by atoms with Crippen LogP contribution in [0.3, 0.4) is 0 Å². The molecule has 0 aromatic heterocycles. The zero-order valence-corrected chi connectivity index (χ0v) is 69.2. The summed E-state index contributed by atoms with van der Waals surface area (Å²) >= 11 is 0. The lowest BCUT2D eigenvalue weighted by Gasteiger charge is -2.42. The largest absolute Gasteiger partial charge is 0.381 e. The third-order valence-corrected chi connectivity index (χ3v) is 22.7. The molecule has 3 heterocycles. The van der Waals surface area contributed by atoms with Crippen molar-refractivity contribution in [2.75, 3.05) is 132 Å². The molecule has 9 rings (SSSR count). The highest BCUT2D eigenvalue weighted by Gasteiger charge is 2.35. The van der Waals surface area contributed by atoms with E-state index < -0.39 is 0 Å². The van der Waals surface area contributed by atoms with Gasteiger partial charge in [-0.2, -0.15) is 0 Å². The molecule has 7 amide bonds. The zero-order chi connectivity index (χ0) is 76.6. The highest BCUT2D eigenvalue weighted by atomic mass is 16.5. The molecule has 9 N–H and O–H groups in total. The van der Waals surface area contributed by atoms with E-state index in [1.807, 2.05) is 88.0 Å². The lowest BCUT2D eigenvalue weighted by Crippen LogP contribution is -2.45. The van der Waals surface area contributed by atoms with Crippen molar-refractivity contribution in [3.05, 3.63) is 0 Å². The van der Waals surface area contributed by atoms with Crippen LogP contribution in [0.4, 0.5) is 0 Å². The number of piperidine rings is 2. The van der Waals surface area contributed by atoms with Crippen LogP contribution in [0.1, 0.15) is 270 Å². The number of nitrogens with one attached hydrogen (secondary N) is 9. The standard InChI is InChI=1S/2C15H28N2O.C14H26N2O2.C13H27N3O.C13H26N2O2.C13H26N2O/c1-11(2)15(18)17-9-3-8-16-14-10-12-4-6-13(14)7-5-12;1-12(2)15(18)16-8-10-17-9-7-13-5-3-4-6-14(13)11-17;1-11(2)14(18)15-9-10-16(12(3)17)13-7-5-4-6-8-13;1-11(2)13(17)15-8-4-7-14-12-5-9-16(3)10-6-12;1-11(2)13(16)14-7-4-8-15(3)12-5-9-17-10-6-12;1-11(2)13(16)15-10-6-9-14-12-7-4-3-5-8-12/h11-14,16H,3-10H2,1-2H3,(H,17,18);12-14H,3-11H2,1-2H3,(H,16,18);11,13H,4-10H2,1-3H3,(H,15,18);11-12,14H,4-10H2,1-3H3,(H,15,17);11-12H,4-10H2,1-3H3,(H,14,16);11-12,14H,3-10H2,1-2H3,(H,15,16). The number of carbonyl (C=O) groups excluding carboxylic acids is 7. The Morgan fingerprint density at radius 1 is 0.394 bits per heavy atom. The van der Waals surface area contributed by atoms with E-state index in [2.05, 4.69) is 76.6 Å². The van der Waals surface area contributed by atoms with Crippen molar-refractivity contribution in [2.24, 2.45) is 59.2 Å². The SMILES string of the molecule is CC(=O)N(CCNC(=O)C(C)C)C1CCCCC1.CC(C)C(=O)NCCCN(C)C1CCOCC1.CC(C)C(=O)NCCCNC1CC2CCC1CC2.CC(C)C(=O)NCCCNC1CCCCC1.CC(C)C(=O)NCCCNC1CCN(C)CC1.CC(C)C(=O)NCCN1CCC2CCCCC2C1. The van der Waals surface area contributed by atoms with Gasteiger partial charge in [-0.05, 0) is 193 Å². The predicted octanol–water partition coefficient (Wildman–Crippen LogP) is 10.7. The molecule has 3 saturated heterocycles. The van der Waals surface area contributed by atoms with E-state index >= 15 is 0 Å². The number of amides is 7. The average Bonchev–Trinajstić information content (AvgIpc) is 0.838. The second-order valence-electron chi connectivity index (χ2n) is 33.7. The molecule has 0 aromatic carbocycles. The van der Waals surface area contributed by atoms with Crippen molar-refractivity contribution in [1.29, 1.82) is 0 Å². The van der Waals surface area contributed by atoms with Crippen molar-refractivity contribution in [1.82, 2.24) is 67.5 Å². The first-order valence-electron chi connectivity index (χ1n) is 42.6. The van der Waals surface area contributed by atoms with Gasteiger partial charge in [0, 0.05) is 145 Å². The van der Waals surface area contributed by atoms with E-state index in [1.54, 1.807) is 6.92 Å². The molecular weight excluding hydrogens is 1310 g/mol. The number of hydrogen-bond donors (Lipinski definition) is 9. The number of likely N-dealkylation sites (tertiary alicyclic amines) is 2. The summed E-state index contributed by atoms with van der Waals surface area (Å²) in [5.41, 5.74) is 0. The van der Waals surface area contributed by atoms with Crippen LogP contribution in [0.15, 0.2) is 0 Å². The zero-order valence-electron chi connectivity index (χ0n) is 69.2. The molecule has 0 radical (unpaired) electrons. The number of hydrogen-bond acceptors (Lipinski definition) is 14. The Morgan fingerprint density at radius 2 is 0.808 bits per heavy atom. The van der Waals surface area contributed by atoms with E-state index in [9.17, 15) is 33.6 Å². The third kappa shape index (κ3) is 42.7. The molecule has 2 bridgehead atoms. The summed E-state index contributed by atoms with van der Waals surface area (Å²) in [7, 11) is 4.35. The molecule has 3 aliphatic heterocycles. The average molecular weight is 1470 g/mol.